The van der Waals surface area contributed by atoms with Crippen LogP contribution >= 0.6 is 11.3 Å². The molecule has 5 heteroatoms. The first kappa shape index (κ1) is 18.2. The van der Waals surface area contributed by atoms with Gasteiger partial charge in [0.25, 0.3) is 0 Å². The minimum atomic E-state index is 0. The second-order valence-electron chi connectivity index (χ2n) is 5.08. The molecule has 3 aromatic rings. The van der Waals surface area contributed by atoms with Gasteiger partial charge >= 0.3 is 0 Å². The third kappa shape index (κ3) is 4.42. The van der Waals surface area contributed by atoms with Crippen molar-refractivity contribution in [2.75, 3.05) is 7.11 Å². The summed E-state index contributed by atoms with van der Waals surface area (Å²) < 4.78 is 5.26. The molecule has 3 rings (SSSR count). The molecular formula is C19H17ClN2OS. The Balaban J connectivity index is 0.00000208. The van der Waals surface area contributed by atoms with Crippen LogP contribution < -0.4 is 17.4 Å². The van der Waals surface area contributed by atoms with Crippen LogP contribution in [-0.4, -0.2) is 12.1 Å². The molecule has 0 aliphatic rings. The molecule has 0 unspecified atom stereocenters. The summed E-state index contributed by atoms with van der Waals surface area (Å²) in [5, 5.41) is 3.01. The lowest BCUT2D eigenvalue weighted by molar-refractivity contribution is -0.364. The summed E-state index contributed by atoms with van der Waals surface area (Å²) in [4.78, 5) is 7.66. The second kappa shape index (κ2) is 8.60. The highest BCUT2D eigenvalue weighted by molar-refractivity contribution is 7.09. The Hall–Kier alpha value is -2.19. The SMILES string of the molecule is COCc1ccccc1-c1ccc(C#Cc2csc(C)n2)c[nH+]1.[Cl-]. The van der Waals surface area contributed by atoms with E-state index in [1.165, 1.54) is 0 Å². The van der Waals surface area contributed by atoms with Crippen LogP contribution in [0.1, 0.15) is 21.8 Å². The van der Waals surface area contributed by atoms with Gasteiger partial charge in [-0.2, -0.15) is 0 Å². The van der Waals surface area contributed by atoms with Crippen LogP contribution in [0.4, 0.5) is 0 Å². The molecule has 0 aliphatic carbocycles. The maximum absolute atomic E-state index is 5.26. The van der Waals surface area contributed by atoms with E-state index in [0.717, 1.165) is 33.1 Å². The number of H-pyrrole nitrogens is 1. The minimum absolute atomic E-state index is 0. The van der Waals surface area contributed by atoms with Crippen LogP contribution in [0.2, 0.25) is 0 Å². The average molecular weight is 357 g/mol. The maximum Gasteiger partial charge on any atom is 0.211 e. The number of hydrogen-bond acceptors (Lipinski definition) is 3. The highest BCUT2D eigenvalue weighted by Gasteiger charge is 2.10. The zero-order valence-corrected chi connectivity index (χ0v) is 15.0. The van der Waals surface area contributed by atoms with E-state index in [2.05, 4.69) is 33.9 Å². The monoisotopic (exact) mass is 356 g/mol. The first-order valence-electron chi connectivity index (χ1n) is 7.29. The lowest BCUT2D eigenvalue weighted by Gasteiger charge is -2.04. The normalized spacial score (nSPS) is 9.75. The van der Waals surface area contributed by atoms with Crippen LogP contribution in [0.25, 0.3) is 11.3 Å². The summed E-state index contributed by atoms with van der Waals surface area (Å²) in [5.41, 5.74) is 5.10. The number of rotatable bonds is 3. The molecule has 0 bridgehead atoms. The van der Waals surface area contributed by atoms with Crippen molar-refractivity contribution in [2.24, 2.45) is 0 Å². The number of thiazole rings is 1. The van der Waals surface area contributed by atoms with Gasteiger partial charge in [0, 0.05) is 18.6 Å². The van der Waals surface area contributed by atoms with Crippen molar-refractivity contribution >= 4 is 11.3 Å². The number of benzene rings is 1. The molecule has 0 radical (unpaired) electrons. The van der Waals surface area contributed by atoms with Crippen molar-refractivity contribution < 1.29 is 22.1 Å². The second-order valence-corrected chi connectivity index (χ2v) is 6.15. The molecule has 122 valence electrons. The number of aromatic nitrogens is 2. The molecule has 0 fully saturated rings. The number of aryl methyl sites for hydroxylation is 1. The van der Waals surface area contributed by atoms with Gasteiger partial charge in [0.15, 0.2) is 6.20 Å². The lowest BCUT2D eigenvalue weighted by Crippen LogP contribution is -3.00. The van der Waals surface area contributed by atoms with Gasteiger partial charge in [-0.05, 0) is 30.5 Å². The number of pyridine rings is 1. The van der Waals surface area contributed by atoms with Gasteiger partial charge in [-0.15, -0.1) is 11.3 Å². The molecule has 1 aromatic carbocycles. The fourth-order valence-corrected chi connectivity index (χ4v) is 2.84. The molecule has 24 heavy (non-hydrogen) atoms. The van der Waals surface area contributed by atoms with Gasteiger partial charge in [0.1, 0.15) is 5.69 Å². The summed E-state index contributed by atoms with van der Waals surface area (Å²) in [7, 11) is 1.71. The topological polar surface area (TPSA) is 36.3 Å². The predicted molar refractivity (Wildman–Crippen MR) is 92.0 cm³/mol. The van der Waals surface area contributed by atoms with Gasteiger partial charge in [-0.1, -0.05) is 24.1 Å². The molecule has 0 spiro atoms. The lowest BCUT2D eigenvalue weighted by atomic mass is 10.0. The first-order chi connectivity index (χ1) is 11.3. The molecule has 1 N–H and O–H groups in total. The fourth-order valence-electron chi connectivity index (χ4n) is 2.29. The van der Waals surface area contributed by atoms with E-state index in [9.17, 15) is 0 Å². The third-order valence-corrected chi connectivity index (χ3v) is 4.15. The Morgan fingerprint density at radius 1 is 1.17 bits per heavy atom. The van der Waals surface area contributed by atoms with E-state index in [-0.39, 0.29) is 12.4 Å². The highest BCUT2D eigenvalue weighted by Crippen LogP contribution is 2.20. The minimum Gasteiger partial charge on any atom is -1.00 e. The Kier molecular flexibility index (Phi) is 6.51. The van der Waals surface area contributed by atoms with Gasteiger partial charge in [-0.25, -0.2) is 9.97 Å². The van der Waals surface area contributed by atoms with Crippen molar-refractivity contribution in [2.45, 2.75) is 13.5 Å². The number of nitrogens with one attached hydrogen (secondary N) is 1. The van der Waals surface area contributed by atoms with Crippen molar-refractivity contribution in [3.63, 3.8) is 0 Å². The van der Waals surface area contributed by atoms with E-state index in [1.807, 2.05) is 42.8 Å². The number of nitrogens with zero attached hydrogens (tertiary/aromatic N) is 1. The molecule has 0 aliphatic heterocycles. The number of hydrogen-bond donors (Lipinski definition) is 0. The Morgan fingerprint density at radius 2 is 2.00 bits per heavy atom. The van der Waals surface area contributed by atoms with Gasteiger partial charge in [0.05, 0.1) is 22.7 Å². The number of halogens is 1. The van der Waals surface area contributed by atoms with E-state index in [0.29, 0.717) is 6.61 Å². The van der Waals surface area contributed by atoms with Crippen LogP contribution in [0.3, 0.4) is 0 Å². The standard InChI is InChI=1S/C19H16N2OS.ClH/c1-14-21-17(13-23-14)9-7-15-8-10-19(20-11-15)18-6-4-3-5-16(18)12-22-2;/h3-6,8,10-11,13H,12H2,1-2H3;1H. The van der Waals surface area contributed by atoms with Crippen LogP contribution in [0.5, 0.6) is 0 Å². The maximum atomic E-state index is 5.26. The zero-order valence-electron chi connectivity index (χ0n) is 13.5. The fraction of sp³-hybridized carbons (Fsp3) is 0.158. The Labute approximate surface area is 152 Å². The molecule has 0 saturated heterocycles. The zero-order chi connectivity index (χ0) is 16.1. The van der Waals surface area contributed by atoms with Crippen molar-refractivity contribution in [3.05, 3.63) is 69.8 Å². The summed E-state index contributed by atoms with van der Waals surface area (Å²) in [6.45, 7) is 2.57. The average Bonchev–Trinajstić information content (AvgIpc) is 3.00. The Morgan fingerprint density at radius 3 is 2.67 bits per heavy atom. The van der Waals surface area contributed by atoms with E-state index < -0.39 is 0 Å². The highest BCUT2D eigenvalue weighted by atomic mass is 35.5. The molecular weight excluding hydrogens is 340 g/mol. The quantitative estimate of drug-likeness (QED) is 0.640. The molecule has 0 amide bonds. The first-order valence-corrected chi connectivity index (χ1v) is 8.17. The van der Waals surface area contributed by atoms with Crippen molar-refractivity contribution in [1.82, 2.24) is 4.98 Å². The van der Waals surface area contributed by atoms with E-state index in [4.69, 9.17) is 4.74 Å². The number of aromatic amines is 1. The number of methoxy groups -OCH3 is 1. The summed E-state index contributed by atoms with van der Waals surface area (Å²) >= 11 is 1.61. The van der Waals surface area contributed by atoms with Gasteiger partial charge in [0.2, 0.25) is 5.69 Å². The van der Waals surface area contributed by atoms with Crippen LogP contribution in [-0.2, 0) is 11.3 Å². The third-order valence-electron chi connectivity index (χ3n) is 3.37. The van der Waals surface area contributed by atoms with E-state index in [1.54, 1.807) is 18.4 Å². The summed E-state index contributed by atoms with van der Waals surface area (Å²) in [6, 6.07) is 12.3. The van der Waals surface area contributed by atoms with E-state index >= 15 is 0 Å². The molecule has 3 nitrogen and oxygen atoms in total. The van der Waals surface area contributed by atoms with Crippen molar-refractivity contribution in [1.29, 1.82) is 0 Å². The molecule has 2 heterocycles. The summed E-state index contributed by atoms with van der Waals surface area (Å²) in [6.07, 6.45) is 1.92. The largest absolute Gasteiger partial charge is 1.00 e. The van der Waals surface area contributed by atoms with Crippen molar-refractivity contribution in [3.8, 4) is 23.1 Å². The predicted octanol–water partition coefficient (Wildman–Crippen LogP) is 0.483. The molecule has 0 saturated carbocycles. The van der Waals surface area contributed by atoms with Gasteiger partial charge in [-0.3, -0.25) is 0 Å². The molecule has 2 aromatic heterocycles. The molecule has 0 atom stereocenters. The Bertz CT molecular complexity index is 863. The number of ether oxygens (including phenoxy) is 1. The van der Waals surface area contributed by atoms with Crippen LogP contribution in [0.15, 0.2) is 48.0 Å². The van der Waals surface area contributed by atoms with Gasteiger partial charge < -0.3 is 17.1 Å². The summed E-state index contributed by atoms with van der Waals surface area (Å²) in [5.74, 6) is 6.21. The smallest absolute Gasteiger partial charge is 0.211 e. The van der Waals surface area contributed by atoms with Crippen LogP contribution in [0, 0.1) is 18.8 Å².